The Kier molecular flexibility index (Phi) is 7.77. The number of para-hydroxylation sites is 4. The van der Waals surface area contributed by atoms with Crippen molar-refractivity contribution in [2.45, 2.75) is 32.9 Å². The number of nitrogens with zero attached hydrogens (tertiary/aromatic N) is 3. The van der Waals surface area contributed by atoms with E-state index in [9.17, 15) is 9.59 Å². The van der Waals surface area contributed by atoms with Gasteiger partial charge in [0.05, 0.1) is 11.0 Å². The molecule has 1 heterocycles. The summed E-state index contributed by atoms with van der Waals surface area (Å²) in [5, 5.41) is 2.88. The first kappa shape index (κ1) is 24.0. The minimum atomic E-state index is -0.206. The number of aromatic nitrogens is 2. The molecule has 0 aliphatic rings. The van der Waals surface area contributed by atoms with E-state index < -0.39 is 0 Å². The number of hydrogen-bond acceptors (Lipinski definition) is 4. The minimum absolute atomic E-state index is 0.00652. The number of rotatable bonds is 10. The first-order valence-electron chi connectivity index (χ1n) is 11.8. The summed E-state index contributed by atoms with van der Waals surface area (Å²) in [6.45, 7) is 4.50. The summed E-state index contributed by atoms with van der Waals surface area (Å²) in [4.78, 5) is 32.2. The molecule has 7 nitrogen and oxygen atoms in total. The van der Waals surface area contributed by atoms with Gasteiger partial charge in [0, 0.05) is 24.7 Å². The van der Waals surface area contributed by atoms with Crippen molar-refractivity contribution in [2.75, 3.05) is 18.1 Å². The Hall–Kier alpha value is -4.13. The van der Waals surface area contributed by atoms with Gasteiger partial charge in [0.15, 0.2) is 6.61 Å². The molecule has 35 heavy (non-hydrogen) atoms. The first-order valence-corrected chi connectivity index (χ1v) is 11.8. The number of hydrogen-bond donors (Lipinski definition) is 1. The highest BCUT2D eigenvalue weighted by Gasteiger charge is 2.22. The van der Waals surface area contributed by atoms with Gasteiger partial charge in [0.25, 0.3) is 5.91 Å². The van der Waals surface area contributed by atoms with E-state index in [-0.39, 0.29) is 31.0 Å². The molecule has 180 valence electrons. The second kappa shape index (κ2) is 11.3. The SMILES string of the molecule is CC(C)N(C(=O)Cn1c(CCNC(=O)COc2ccccc2)nc2ccccc21)c1ccccc1. The average molecular weight is 471 g/mol. The Morgan fingerprint density at radius 1 is 0.943 bits per heavy atom. The van der Waals surface area contributed by atoms with Gasteiger partial charge >= 0.3 is 0 Å². The van der Waals surface area contributed by atoms with Crippen molar-refractivity contribution in [3.8, 4) is 5.75 Å². The van der Waals surface area contributed by atoms with Gasteiger partial charge in [-0.3, -0.25) is 9.59 Å². The van der Waals surface area contributed by atoms with Crippen LogP contribution in [0.5, 0.6) is 5.75 Å². The number of amides is 2. The minimum Gasteiger partial charge on any atom is -0.484 e. The Labute approximate surface area is 205 Å². The van der Waals surface area contributed by atoms with Gasteiger partial charge in [-0.05, 0) is 50.2 Å². The number of anilines is 1. The van der Waals surface area contributed by atoms with Gasteiger partial charge < -0.3 is 19.5 Å². The lowest BCUT2D eigenvalue weighted by Gasteiger charge is -2.27. The lowest BCUT2D eigenvalue weighted by Crippen LogP contribution is -2.39. The van der Waals surface area contributed by atoms with E-state index in [1.165, 1.54) is 0 Å². The summed E-state index contributed by atoms with van der Waals surface area (Å²) in [6.07, 6.45) is 0.492. The van der Waals surface area contributed by atoms with Crippen molar-refractivity contribution >= 4 is 28.5 Å². The van der Waals surface area contributed by atoms with Crippen LogP contribution in [0.2, 0.25) is 0 Å². The van der Waals surface area contributed by atoms with Crippen molar-refractivity contribution in [2.24, 2.45) is 0 Å². The summed E-state index contributed by atoms with van der Waals surface area (Å²) >= 11 is 0. The second-order valence-corrected chi connectivity index (χ2v) is 8.50. The van der Waals surface area contributed by atoms with E-state index in [1.54, 1.807) is 4.90 Å². The molecule has 0 unspecified atom stereocenters. The number of carbonyl (C=O) groups excluding carboxylic acids is 2. The highest BCUT2D eigenvalue weighted by molar-refractivity contribution is 5.94. The van der Waals surface area contributed by atoms with Crippen LogP contribution < -0.4 is 15.0 Å². The molecule has 3 aromatic carbocycles. The summed E-state index contributed by atoms with van der Waals surface area (Å²) in [7, 11) is 0. The van der Waals surface area contributed by atoms with Crippen molar-refractivity contribution in [3.63, 3.8) is 0 Å². The zero-order chi connectivity index (χ0) is 24.6. The fourth-order valence-electron chi connectivity index (χ4n) is 4.05. The lowest BCUT2D eigenvalue weighted by atomic mass is 10.2. The molecule has 4 aromatic rings. The van der Waals surface area contributed by atoms with Crippen LogP contribution in [0.3, 0.4) is 0 Å². The number of fused-ring (bicyclic) bond motifs is 1. The van der Waals surface area contributed by atoms with Crippen LogP contribution in [-0.4, -0.2) is 40.6 Å². The van der Waals surface area contributed by atoms with E-state index in [4.69, 9.17) is 9.72 Å². The van der Waals surface area contributed by atoms with Gasteiger partial charge in [-0.2, -0.15) is 0 Å². The Bertz CT molecular complexity index is 1270. The third-order valence-corrected chi connectivity index (χ3v) is 5.63. The van der Waals surface area contributed by atoms with Gasteiger partial charge in [0.2, 0.25) is 5.91 Å². The maximum absolute atomic E-state index is 13.4. The molecule has 1 N–H and O–H groups in total. The summed E-state index contributed by atoms with van der Waals surface area (Å²) in [6, 6.07) is 26.7. The molecule has 7 heteroatoms. The fraction of sp³-hybridized carbons (Fsp3) is 0.250. The molecule has 0 atom stereocenters. The van der Waals surface area contributed by atoms with Gasteiger partial charge in [-0.1, -0.05) is 48.5 Å². The van der Waals surface area contributed by atoms with E-state index in [0.717, 1.165) is 22.5 Å². The predicted octanol–water partition coefficient (Wildman–Crippen LogP) is 4.22. The molecular weight excluding hydrogens is 440 g/mol. The van der Waals surface area contributed by atoms with E-state index in [0.29, 0.717) is 18.7 Å². The van der Waals surface area contributed by atoms with Crippen LogP contribution in [0, 0.1) is 0 Å². The number of imidazole rings is 1. The van der Waals surface area contributed by atoms with Gasteiger partial charge in [-0.25, -0.2) is 4.98 Å². The number of benzene rings is 3. The van der Waals surface area contributed by atoms with E-state index in [1.807, 2.05) is 103 Å². The Morgan fingerprint density at radius 3 is 2.31 bits per heavy atom. The average Bonchev–Trinajstić information content (AvgIpc) is 3.21. The highest BCUT2D eigenvalue weighted by Crippen LogP contribution is 2.20. The monoisotopic (exact) mass is 470 g/mol. The first-order chi connectivity index (χ1) is 17.0. The highest BCUT2D eigenvalue weighted by atomic mass is 16.5. The van der Waals surface area contributed by atoms with Crippen molar-refractivity contribution in [1.29, 1.82) is 0 Å². The maximum atomic E-state index is 13.4. The predicted molar refractivity (Wildman–Crippen MR) is 137 cm³/mol. The fourth-order valence-corrected chi connectivity index (χ4v) is 4.05. The zero-order valence-corrected chi connectivity index (χ0v) is 20.1. The molecule has 0 aliphatic carbocycles. The molecule has 0 spiro atoms. The summed E-state index contributed by atoms with van der Waals surface area (Å²) < 4.78 is 7.45. The number of nitrogens with one attached hydrogen (secondary N) is 1. The molecule has 0 bridgehead atoms. The molecule has 4 rings (SSSR count). The normalized spacial score (nSPS) is 10.9. The second-order valence-electron chi connectivity index (χ2n) is 8.50. The van der Waals surface area contributed by atoms with Crippen molar-refractivity contribution in [1.82, 2.24) is 14.9 Å². The smallest absolute Gasteiger partial charge is 0.257 e. The topological polar surface area (TPSA) is 76.5 Å². The van der Waals surface area contributed by atoms with Crippen LogP contribution in [0.15, 0.2) is 84.9 Å². The largest absolute Gasteiger partial charge is 0.484 e. The van der Waals surface area contributed by atoms with Crippen LogP contribution in [0.4, 0.5) is 5.69 Å². The molecule has 2 amide bonds. The molecule has 1 aromatic heterocycles. The molecule has 0 saturated heterocycles. The molecule has 0 aliphatic heterocycles. The Balaban J connectivity index is 1.45. The van der Waals surface area contributed by atoms with Crippen LogP contribution in [0.25, 0.3) is 11.0 Å². The lowest BCUT2D eigenvalue weighted by molar-refractivity contribution is -0.123. The molecule has 0 radical (unpaired) electrons. The maximum Gasteiger partial charge on any atom is 0.257 e. The number of carbonyl (C=O) groups is 2. The summed E-state index contributed by atoms with van der Waals surface area (Å²) in [5.74, 6) is 1.18. The van der Waals surface area contributed by atoms with E-state index >= 15 is 0 Å². The molecule has 0 saturated carbocycles. The Morgan fingerprint density at radius 2 is 1.60 bits per heavy atom. The van der Waals surface area contributed by atoms with Crippen LogP contribution in [-0.2, 0) is 22.6 Å². The molecule has 0 fully saturated rings. The van der Waals surface area contributed by atoms with Gasteiger partial charge in [-0.15, -0.1) is 0 Å². The van der Waals surface area contributed by atoms with Gasteiger partial charge in [0.1, 0.15) is 18.1 Å². The van der Waals surface area contributed by atoms with Crippen LogP contribution in [0.1, 0.15) is 19.7 Å². The molecular formula is C28H30N4O3. The van der Waals surface area contributed by atoms with Crippen molar-refractivity contribution < 1.29 is 14.3 Å². The van der Waals surface area contributed by atoms with E-state index in [2.05, 4.69) is 5.32 Å². The zero-order valence-electron chi connectivity index (χ0n) is 20.1. The third-order valence-electron chi connectivity index (χ3n) is 5.63. The van der Waals surface area contributed by atoms with Crippen LogP contribution >= 0.6 is 0 Å². The summed E-state index contributed by atoms with van der Waals surface area (Å²) in [5.41, 5.74) is 2.58. The standard InChI is InChI=1S/C28H30N4O3/c1-21(2)32(22-11-5-3-6-12-22)28(34)19-31-25-16-10-9-15-24(25)30-26(31)17-18-29-27(33)20-35-23-13-7-4-8-14-23/h3-16,21H,17-20H2,1-2H3,(H,29,33). The third kappa shape index (κ3) is 6.06. The number of ether oxygens (including phenoxy) is 1. The van der Waals surface area contributed by atoms with Crippen molar-refractivity contribution in [3.05, 3.63) is 90.8 Å². The quantitative estimate of drug-likeness (QED) is 0.377.